The Kier molecular flexibility index (Phi) is 3.90. The summed E-state index contributed by atoms with van der Waals surface area (Å²) in [6, 6.07) is 3.99. The van der Waals surface area contributed by atoms with E-state index in [1.54, 1.807) is 11.3 Å². The molecule has 0 radical (unpaired) electrons. The van der Waals surface area contributed by atoms with Crippen LogP contribution in [0.1, 0.15) is 31.7 Å². The molecule has 0 spiro atoms. The average Bonchev–Trinajstić information content (AvgIpc) is 3.03. The summed E-state index contributed by atoms with van der Waals surface area (Å²) in [4.78, 5) is 22.0. The second-order valence-electron chi connectivity index (χ2n) is 6.59. The summed E-state index contributed by atoms with van der Waals surface area (Å²) in [6.45, 7) is 5.05. The van der Waals surface area contributed by atoms with E-state index >= 15 is 0 Å². The fourth-order valence-electron chi connectivity index (χ4n) is 3.04. The lowest BCUT2D eigenvalue weighted by Crippen LogP contribution is -2.54. The Morgan fingerprint density at radius 3 is 2.75 bits per heavy atom. The minimum absolute atomic E-state index is 0.0382. The van der Waals surface area contributed by atoms with Gasteiger partial charge in [0.15, 0.2) is 0 Å². The number of nitrogens with two attached hydrogens (primary N) is 1. The molecule has 1 saturated carbocycles. The summed E-state index contributed by atoms with van der Waals surface area (Å²) < 4.78 is 5.45. The summed E-state index contributed by atoms with van der Waals surface area (Å²) in [6.07, 6.45) is 1.63. The fourth-order valence-corrected chi connectivity index (χ4v) is 3.69. The summed E-state index contributed by atoms with van der Waals surface area (Å²) >= 11 is 1.59. The van der Waals surface area contributed by atoms with Gasteiger partial charge >= 0.3 is 0 Å². The Labute approximate surface area is 144 Å². The highest BCUT2D eigenvalue weighted by Gasteiger charge is 2.48. The van der Waals surface area contributed by atoms with Crippen molar-refractivity contribution >= 4 is 17.2 Å². The van der Waals surface area contributed by atoms with Gasteiger partial charge in [0, 0.05) is 26.2 Å². The molecule has 0 aromatic carbocycles. The van der Waals surface area contributed by atoms with Crippen molar-refractivity contribution in [2.45, 2.75) is 31.3 Å². The fraction of sp³-hybridized carbons (Fsp3) is 0.562. The van der Waals surface area contributed by atoms with Crippen LogP contribution in [0.4, 0.5) is 0 Å². The highest BCUT2D eigenvalue weighted by Crippen LogP contribution is 2.34. The molecule has 2 aliphatic rings. The summed E-state index contributed by atoms with van der Waals surface area (Å²) in [5.41, 5.74) is 5.44. The molecular formula is C16H21N5O2S. The Balaban J connectivity index is 1.38. The number of aromatic nitrogens is 2. The molecule has 1 atom stereocenters. The Hall–Kier alpha value is -1.77. The minimum atomic E-state index is -0.574. The molecule has 2 aromatic rings. The van der Waals surface area contributed by atoms with Crippen molar-refractivity contribution in [2.24, 2.45) is 5.73 Å². The number of rotatable bonds is 4. The van der Waals surface area contributed by atoms with Crippen LogP contribution in [0, 0.1) is 0 Å². The lowest BCUT2D eigenvalue weighted by molar-refractivity contribution is -0.135. The van der Waals surface area contributed by atoms with Crippen molar-refractivity contribution in [1.82, 2.24) is 19.9 Å². The van der Waals surface area contributed by atoms with E-state index in [0.29, 0.717) is 24.8 Å². The predicted molar refractivity (Wildman–Crippen MR) is 90.3 cm³/mol. The van der Waals surface area contributed by atoms with Crippen molar-refractivity contribution in [3.05, 3.63) is 23.4 Å². The largest absolute Gasteiger partial charge is 0.339 e. The van der Waals surface area contributed by atoms with Gasteiger partial charge in [0.2, 0.25) is 17.6 Å². The number of piperazine rings is 1. The first-order chi connectivity index (χ1) is 11.6. The van der Waals surface area contributed by atoms with Crippen molar-refractivity contribution < 1.29 is 9.32 Å². The Morgan fingerprint density at radius 2 is 2.12 bits per heavy atom. The van der Waals surface area contributed by atoms with E-state index in [0.717, 1.165) is 30.8 Å². The first-order valence-electron chi connectivity index (χ1n) is 8.27. The lowest BCUT2D eigenvalue weighted by atomic mass is 10.2. The first kappa shape index (κ1) is 15.7. The first-order valence-corrected chi connectivity index (χ1v) is 9.14. The van der Waals surface area contributed by atoms with Crippen LogP contribution < -0.4 is 5.73 Å². The van der Waals surface area contributed by atoms with E-state index in [4.69, 9.17) is 10.3 Å². The zero-order valence-electron chi connectivity index (χ0n) is 13.6. The molecule has 128 valence electrons. The second kappa shape index (κ2) is 5.94. The second-order valence-corrected chi connectivity index (χ2v) is 7.54. The van der Waals surface area contributed by atoms with Crippen LogP contribution in [-0.4, -0.2) is 57.6 Å². The van der Waals surface area contributed by atoms with Gasteiger partial charge < -0.3 is 15.2 Å². The van der Waals surface area contributed by atoms with Gasteiger partial charge in [-0.15, -0.1) is 11.3 Å². The molecule has 1 amide bonds. The SMILES string of the molecule is CC(c1nc(-c2cccs2)no1)N1CCN(C(=O)C2(N)CC2)CC1. The molecule has 1 saturated heterocycles. The highest BCUT2D eigenvalue weighted by atomic mass is 32.1. The smallest absolute Gasteiger partial charge is 0.244 e. The van der Waals surface area contributed by atoms with Crippen molar-refractivity contribution in [3.63, 3.8) is 0 Å². The van der Waals surface area contributed by atoms with E-state index < -0.39 is 5.54 Å². The Bertz CT molecular complexity index is 717. The van der Waals surface area contributed by atoms with Crippen LogP contribution in [0.2, 0.25) is 0 Å². The topological polar surface area (TPSA) is 88.5 Å². The lowest BCUT2D eigenvalue weighted by Gasteiger charge is -2.37. The number of hydrogen-bond donors (Lipinski definition) is 1. The standard InChI is InChI=1S/C16H21N5O2S/c1-11(14-18-13(19-23-14)12-3-2-10-24-12)20-6-8-21(9-7-20)15(22)16(17)4-5-16/h2-3,10-11H,4-9,17H2,1H3. The number of thiophene rings is 1. The van der Waals surface area contributed by atoms with Crippen LogP contribution in [0.25, 0.3) is 10.7 Å². The van der Waals surface area contributed by atoms with Gasteiger partial charge in [-0.05, 0) is 31.2 Å². The third kappa shape index (κ3) is 2.85. The zero-order valence-corrected chi connectivity index (χ0v) is 14.5. The summed E-state index contributed by atoms with van der Waals surface area (Å²) in [7, 11) is 0. The van der Waals surface area contributed by atoms with Gasteiger partial charge in [0.05, 0.1) is 16.5 Å². The van der Waals surface area contributed by atoms with Crippen molar-refractivity contribution in [2.75, 3.05) is 26.2 Å². The monoisotopic (exact) mass is 347 g/mol. The van der Waals surface area contributed by atoms with E-state index in [-0.39, 0.29) is 11.9 Å². The summed E-state index contributed by atoms with van der Waals surface area (Å²) in [5, 5.41) is 6.07. The number of carbonyl (C=O) groups is 1. The number of nitrogens with zero attached hydrogens (tertiary/aromatic N) is 4. The molecule has 2 aromatic heterocycles. The van der Waals surface area contributed by atoms with Crippen LogP contribution in [0.15, 0.2) is 22.0 Å². The molecule has 24 heavy (non-hydrogen) atoms. The average molecular weight is 347 g/mol. The molecule has 1 aliphatic heterocycles. The molecule has 3 heterocycles. The maximum Gasteiger partial charge on any atom is 0.244 e. The predicted octanol–water partition coefficient (Wildman–Crippen LogP) is 1.49. The van der Waals surface area contributed by atoms with Crippen molar-refractivity contribution in [3.8, 4) is 10.7 Å². The molecular weight excluding hydrogens is 326 g/mol. The molecule has 4 rings (SSSR count). The van der Waals surface area contributed by atoms with Crippen LogP contribution >= 0.6 is 11.3 Å². The van der Waals surface area contributed by atoms with E-state index in [1.165, 1.54) is 0 Å². The third-order valence-corrected chi connectivity index (χ3v) is 5.77. The van der Waals surface area contributed by atoms with Gasteiger partial charge in [0.1, 0.15) is 0 Å². The molecule has 2 fully saturated rings. The van der Waals surface area contributed by atoms with Gasteiger partial charge in [-0.25, -0.2) is 0 Å². The van der Waals surface area contributed by atoms with E-state index in [1.807, 2.05) is 22.4 Å². The minimum Gasteiger partial charge on any atom is -0.339 e. The van der Waals surface area contributed by atoms with Gasteiger partial charge in [-0.1, -0.05) is 11.2 Å². The van der Waals surface area contributed by atoms with Crippen LogP contribution in [0.3, 0.4) is 0 Å². The molecule has 2 N–H and O–H groups in total. The maximum absolute atomic E-state index is 12.3. The quantitative estimate of drug-likeness (QED) is 0.901. The van der Waals surface area contributed by atoms with Gasteiger partial charge in [0.25, 0.3) is 0 Å². The molecule has 1 unspecified atom stereocenters. The van der Waals surface area contributed by atoms with E-state index in [2.05, 4.69) is 22.0 Å². The van der Waals surface area contributed by atoms with Gasteiger partial charge in [-0.3, -0.25) is 9.69 Å². The number of carbonyl (C=O) groups excluding carboxylic acids is 1. The van der Waals surface area contributed by atoms with E-state index in [9.17, 15) is 4.79 Å². The number of hydrogen-bond acceptors (Lipinski definition) is 7. The normalized spacial score (nSPS) is 21.7. The molecule has 8 heteroatoms. The summed E-state index contributed by atoms with van der Waals surface area (Å²) in [5.74, 6) is 1.36. The molecule has 1 aliphatic carbocycles. The molecule has 7 nitrogen and oxygen atoms in total. The zero-order chi connectivity index (χ0) is 16.7. The van der Waals surface area contributed by atoms with Crippen LogP contribution in [0.5, 0.6) is 0 Å². The number of amides is 1. The van der Waals surface area contributed by atoms with Crippen molar-refractivity contribution in [1.29, 1.82) is 0 Å². The highest BCUT2D eigenvalue weighted by molar-refractivity contribution is 7.13. The maximum atomic E-state index is 12.3. The van der Waals surface area contributed by atoms with Gasteiger partial charge in [-0.2, -0.15) is 4.98 Å². The third-order valence-electron chi connectivity index (χ3n) is 4.90. The Morgan fingerprint density at radius 1 is 1.38 bits per heavy atom. The van der Waals surface area contributed by atoms with Crippen LogP contribution in [-0.2, 0) is 4.79 Å². The molecule has 0 bridgehead atoms.